The Morgan fingerprint density at radius 2 is 1.97 bits per heavy atom. The number of morpholine rings is 1. The Bertz CT molecular complexity index is 1440. The van der Waals surface area contributed by atoms with E-state index >= 15 is 0 Å². The van der Waals surface area contributed by atoms with E-state index in [-0.39, 0.29) is 22.3 Å². The number of carbonyl (C=O) groups excluding carboxylic acids is 1. The van der Waals surface area contributed by atoms with Crippen LogP contribution in [0.1, 0.15) is 44.5 Å². The average Bonchev–Trinajstić information content (AvgIpc) is 3.61. The topological polar surface area (TPSA) is 126 Å². The first-order chi connectivity index (χ1) is 18.6. The summed E-state index contributed by atoms with van der Waals surface area (Å²) in [6.07, 6.45) is 0.504. The molecular weight excluding hydrogens is 536 g/mol. The first kappa shape index (κ1) is 27.5. The Morgan fingerprint density at radius 3 is 2.64 bits per heavy atom. The van der Waals surface area contributed by atoms with Crippen LogP contribution in [0.4, 0.5) is 16.3 Å². The largest absolute Gasteiger partial charge is 0.377 e. The maximum absolute atomic E-state index is 13.2. The van der Waals surface area contributed by atoms with Crippen molar-refractivity contribution >= 4 is 38.7 Å². The Hall–Kier alpha value is -3.09. The van der Waals surface area contributed by atoms with Crippen LogP contribution in [-0.4, -0.2) is 67.0 Å². The van der Waals surface area contributed by atoms with E-state index < -0.39 is 15.1 Å². The lowest BCUT2D eigenvalue weighted by molar-refractivity contribution is 0.0985. The van der Waals surface area contributed by atoms with Gasteiger partial charge in [-0.1, -0.05) is 13.8 Å². The summed E-state index contributed by atoms with van der Waals surface area (Å²) < 4.78 is 32.3. The number of sulfone groups is 1. The summed E-state index contributed by atoms with van der Waals surface area (Å²) in [5.41, 5.74) is 2.86. The molecule has 0 radical (unpaired) electrons. The summed E-state index contributed by atoms with van der Waals surface area (Å²) in [6, 6.07) is 9.15. The number of anilines is 2. The lowest BCUT2D eigenvalue weighted by atomic mass is 10.1. The monoisotopic (exact) mass is 570 g/mol. The molecule has 39 heavy (non-hydrogen) atoms. The van der Waals surface area contributed by atoms with Gasteiger partial charge in [-0.15, -0.1) is 11.3 Å². The van der Waals surface area contributed by atoms with Gasteiger partial charge in [0.2, 0.25) is 14.2 Å². The molecule has 10 nitrogen and oxygen atoms in total. The van der Waals surface area contributed by atoms with Crippen molar-refractivity contribution in [1.82, 2.24) is 20.3 Å². The predicted octanol–water partition coefficient (Wildman–Crippen LogP) is 4.24. The highest BCUT2D eigenvalue weighted by Gasteiger charge is 2.51. The molecule has 1 aromatic carbocycles. The molecule has 0 bridgehead atoms. The van der Waals surface area contributed by atoms with Gasteiger partial charge in [0.1, 0.15) is 5.82 Å². The summed E-state index contributed by atoms with van der Waals surface area (Å²) >= 11 is 1.17. The van der Waals surface area contributed by atoms with Crippen LogP contribution in [-0.2, 0) is 14.6 Å². The van der Waals surface area contributed by atoms with E-state index in [9.17, 15) is 13.2 Å². The molecule has 1 aliphatic carbocycles. The third-order valence-electron chi connectivity index (χ3n) is 6.82. The Balaban J connectivity index is 1.42. The van der Waals surface area contributed by atoms with Crippen molar-refractivity contribution in [2.45, 2.75) is 55.7 Å². The molecule has 2 aromatic heterocycles. The summed E-state index contributed by atoms with van der Waals surface area (Å²) in [4.78, 5) is 28.3. The zero-order valence-electron chi connectivity index (χ0n) is 22.5. The maximum atomic E-state index is 13.2. The zero-order valence-corrected chi connectivity index (χ0v) is 24.2. The van der Waals surface area contributed by atoms with E-state index in [1.165, 1.54) is 11.3 Å². The Kier molecular flexibility index (Phi) is 7.88. The van der Waals surface area contributed by atoms with Gasteiger partial charge in [0, 0.05) is 47.4 Å². The number of hydrogen-bond donors (Lipinski definition) is 2. The van der Waals surface area contributed by atoms with Crippen LogP contribution in [0.5, 0.6) is 0 Å². The third kappa shape index (κ3) is 6.23. The molecule has 12 heteroatoms. The minimum absolute atomic E-state index is 0.127. The molecule has 2 amide bonds. The first-order valence-electron chi connectivity index (χ1n) is 13.2. The second-order valence-electron chi connectivity index (χ2n) is 10.6. The molecule has 3 atom stereocenters. The smallest absolute Gasteiger partial charge is 0.319 e. The fourth-order valence-electron chi connectivity index (χ4n) is 4.58. The quantitative estimate of drug-likeness (QED) is 0.412. The highest BCUT2D eigenvalue weighted by Crippen LogP contribution is 2.48. The molecule has 2 unspecified atom stereocenters. The molecule has 2 aliphatic rings. The Morgan fingerprint density at radius 1 is 1.21 bits per heavy atom. The molecule has 3 heterocycles. The normalized spacial score (nSPS) is 21.2. The van der Waals surface area contributed by atoms with Crippen molar-refractivity contribution in [2.75, 3.05) is 36.5 Å². The van der Waals surface area contributed by atoms with Crippen LogP contribution in [0, 0.1) is 12.8 Å². The van der Waals surface area contributed by atoms with Gasteiger partial charge < -0.3 is 20.3 Å². The molecule has 1 saturated heterocycles. The van der Waals surface area contributed by atoms with Gasteiger partial charge in [0.25, 0.3) is 0 Å². The number of nitrogens with zero attached hydrogens (tertiary/aromatic N) is 4. The Labute approximate surface area is 233 Å². The average molecular weight is 571 g/mol. The first-order valence-corrected chi connectivity index (χ1v) is 15.6. The van der Waals surface area contributed by atoms with Crippen LogP contribution in [0.3, 0.4) is 0 Å². The molecule has 3 aromatic rings. The minimum atomic E-state index is -3.53. The van der Waals surface area contributed by atoms with Gasteiger partial charge in [0.15, 0.2) is 5.82 Å². The second kappa shape index (κ2) is 11.2. The van der Waals surface area contributed by atoms with Crippen molar-refractivity contribution in [2.24, 2.45) is 5.92 Å². The summed E-state index contributed by atoms with van der Waals surface area (Å²) in [5, 5.41) is 6.89. The van der Waals surface area contributed by atoms with Crippen molar-refractivity contribution in [3.05, 3.63) is 47.1 Å². The fourth-order valence-corrected chi connectivity index (χ4v) is 7.71. The van der Waals surface area contributed by atoms with E-state index in [4.69, 9.17) is 14.7 Å². The third-order valence-corrected chi connectivity index (χ3v) is 10.5. The number of benzene rings is 1. The number of amides is 2. The molecule has 0 spiro atoms. The van der Waals surface area contributed by atoms with E-state index in [2.05, 4.69) is 27.4 Å². The number of aromatic nitrogens is 3. The van der Waals surface area contributed by atoms with Crippen LogP contribution in [0.2, 0.25) is 0 Å². The van der Waals surface area contributed by atoms with Crippen LogP contribution in [0.15, 0.2) is 40.1 Å². The second-order valence-corrected chi connectivity index (χ2v) is 13.8. The lowest BCUT2D eigenvalue weighted by Gasteiger charge is -2.34. The molecule has 2 fully saturated rings. The summed E-state index contributed by atoms with van der Waals surface area (Å²) in [5.74, 6) is 1.42. The fraction of sp³-hybridized carbons (Fsp3) is 0.481. The van der Waals surface area contributed by atoms with Gasteiger partial charge >= 0.3 is 6.03 Å². The van der Waals surface area contributed by atoms with Gasteiger partial charge in [-0.05, 0) is 50.5 Å². The minimum Gasteiger partial charge on any atom is -0.377 e. The van der Waals surface area contributed by atoms with Crippen molar-refractivity contribution in [3.63, 3.8) is 0 Å². The van der Waals surface area contributed by atoms with Crippen molar-refractivity contribution in [3.8, 4) is 11.4 Å². The molecule has 208 valence electrons. The summed E-state index contributed by atoms with van der Waals surface area (Å²) in [7, 11) is -3.53. The number of aryl methyl sites for hydroxylation is 1. The van der Waals surface area contributed by atoms with Gasteiger partial charge in [-0.3, -0.25) is 0 Å². The summed E-state index contributed by atoms with van der Waals surface area (Å²) in [6.45, 7) is 10.4. The van der Waals surface area contributed by atoms with Gasteiger partial charge in [-0.2, -0.15) is 0 Å². The number of hydrogen-bond acceptors (Lipinski definition) is 9. The molecule has 1 saturated carbocycles. The molecule has 1 aliphatic heterocycles. The molecule has 5 rings (SSSR count). The van der Waals surface area contributed by atoms with Crippen molar-refractivity contribution in [1.29, 1.82) is 0 Å². The van der Waals surface area contributed by atoms with E-state index in [0.29, 0.717) is 61.5 Å². The number of urea groups is 1. The number of nitrogens with one attached hydrogen (secondary N) is 2. The van der Waals surface area contributed by atoms with E-state index in [1.54, 1.807) is 12.3 Å². The standard InChI is InChI=1S/C27H34N6O4S2/c1-16(2)13-28-26(34)30-20-7-5-19(6-8-20)25-31-22(12-24(32-25)33-9-10-37-14-18(33)4)21-11-23(21)39(35,36)27-29-17(3)15-38-27/h5-8,12,15-16,18,21,23H,9-11,13-14H2,1-4H3,(H2,28,30,34)/t18-,21?,23?/m0/s1. The number of ether oxygens (including phenoxy) is 1. The maximum Gasteiger partial charge on any atom is 0.319 e. The number of thiazole rings is 1. The van der Waals surface area contributed by atoms with Gasteiger partial charge in [0.05, 0.1) is 30.2 Å². The predicted molar refractivity (Wildman–Crippen MR) is 152 cm³/mol. The van der Waals surface area contributed by atoms with Crippen LogP contribution < -0.4 is 15.5 Å². The van der Waals surface area contributed by atoms with Gasteiger partial charge in [-0.25, -0.2) is 28.2 Å². The molecular formula is C27H34N6O4S2. The highest BCUT2D eigenvalue weighted by atomic mass is 32.2. The van der Waals surface area contributed by atoms with E-state index in [0.717, 1.165) is 11.4 Å². The zero-order chi connectivity index (χ0) is 27.7. The molecule has 2 N–H and O–H groups in total. The van der Waals surface area contributed by atoms with Crippen LogP contribution >= 0.6 is 11.3 Å². The highest BCUT2D eigenvalue weighted by molar-refractivity contribution is 7.94. The van der Waals surface area contributed by atoms with E-state index in [1.807, 2.05) is 44.2 Å². The number of carbonyl (C=O) groups is 1. The SMILES string of the molecule is Cc1csc(S(=O)(=O)C2CC2c2cc(N3CCOC[C@@H]3C)nc(-c3ccc(NC(=O)NCC(C)C)cc3)n2)n1. The van der Waals surface area contributed by atoms with Crippen molar-refractivity contribution < 1.29 is 17.9 Å². The number of rotatable bonds is 8. The van der Waals surface area contributed by atoms with Crippen LogP contribution in [0.25, 0.3) is 11.4 Å². The lowest BCUT2D eigenvalue weighted by Crippen LogP contribution is -2.44.